The summed E-state index contributed by atoms with van der Waals surface area (Å²) in [5.74, 6) is 0.631. The van der Waals surface area contributed by atoms with Crippen LogP contribution in [0, 0.1) is 0 Å². The van der Waals surface area contributed by atoms with Crippen molar-refractivity contribution in [1.82, 2.24) is 4.98 Å². The van der Waals surface area contributed by atoms with E-state index in [2.05, 4.69) is 126 Å². The Balaban J connectivity index is 1.25. The maximum atomic E-state index is 6.25. The maximum absolute atomic E-state index is 6.25. The minimum Gasteiger partial charge on any atom is -0.436 e. The molecule has 2 heterocycles. The molecule has 2 aromatic heterocycles. The summed E-state index contributed by atoms with van der Waals surface area (Å²) in [5, 5.41) is 4.77. The summed E-state index contributed by atoms with van der Waals surface area (Å²) in [6, 6.07) is 55.7. The number of aromatic nitrogens is 1. The predicted molar refractivity (Wildman–Crippen MR) is 190 cm³/mol. The van der Waals surface area contributed by atoms with E-state index in [-0.39, 0.29) is 0 Å². The van der Waals surface area contributed by atoms with Crippen LogP contribution in [0.25, 0.3) is 64.6 Å². The highest BCUT2D eigenvalue weighted by atomic mass is 32.1. The summed E-state index contributed by atoms with van der Waals surface area (Å²) in [5.41, 5.74) is 8.24. The SMILES string of the molecule is c1ccc(-c2cccc(N(c3ccc4c(c3)sc3ccccc34)c3ccc4ccc5oc(-c6ccccc6)nc5c4c3)c2)cc1. The molecular weight excluding hydrogens is 569 g/mol. The van der Waals surface area contributed by atoms with Gasteiger partial charge in [0.05, 0.1) is 0 Å². The van der Waals surface area contributed by atoms with Crippen molar-refractivity contribution in [1.29, 1.82) is 0 Å². The van der Waals surface area contributed by atoms with Gasteiger partial charge in [0.2, 0.25) is 5.89 Å². The molecule has 0 unspecified atom stereocenters. The Morgan fingerprint density at radius 1 is 0.467 bits per heavy atom. The smallest absolute Gasteiger partial charge is 0.227 e. The molecule has 0 aliphatic heterocycles. The molecular formula is C41H26N2OS. The fourth-order valence-corrected chi connectivity index (χ4v) is 7.44. The Morgan fingerprint density at radius 3 is 2.00 bits per heavy atom. The van der Waals surface area contributed by atoms with Gasteiger partial charge in [-0.3, -0.25) is 0 Å². The van der Waals surface area contributed by atoms with Crippen molar-refractivity contribution >= 4 is 70.4 Å². The monoisotopic (exact) mass is 594 g/mol. The second kappa shape index (κ2) is 10.5. The lowest BCUT2D eigenvalue weighted by Crippen LogP contribution is -2.10. The van der Waals surface area contributed by atoms with Crippen molar-refractivity contribution in [3.05, 3.63) is 158 Å². The van der Waals surface area contributed by atoms with E-state index in [0.717, 1.165) is 44.5 Å². The molecule has 3 nitrogen and oxygen atoms in total. The summed E-state index contributed by atoms with van der Waals surface area (Å²) in [6.45, 7) is 0. The number of oxazole rings is 1. The van der Waals surface area contributed by atoms with Gasteiger partial charge in [-0.15, -0.1) is 11.3 Å². The summed E-state index contributed by atoms with van der Waals surface area (Å²) in [6.07, 6.45) is 0. The second-order valence-corrected chi connectivity index (χ2v) is 12.3. The zero-order valence-electron chi connectivity index (χ0n) is 24.2. The Bertz CT molecular complexity index is 2500. The first-order chi connectivity index (χ1) is 22.3. The fourth-order valence-electron chi connectivity index (χ4n) is 6.30. The Kier molecular flexibility index (Phi) is 6.00. The second-order valence-electron chi connectivity index (χ2n) is 11.2. The number of hydrogen-bond acceptors (Lipinski definition) is 4. The molecule has 0 N–H and O–H groups in total. The quantitative estimate of drug-likeness (QED) is 0.198. The standard InChI is InChI=1S/C41H26N2OS/c1-3-10-27(11-4-1)30-14-9-15-31(24-30)43(33-21-22-35-34-16-7-8-17-38(34)45-39(35)26-33)32-20-18-28-19-23-37-40(36(28)25-32)42-41(44-37)29-12-5-2-6-13-29/h1-26H. The van der Waals surface area contributed by atoms with Crippen LogP contribution in [0.15, 0.2) is 162 Å². The lowest BCUT2D eigenvalue weighted by atomic mass is 10.0. The minimum absolute atomic E-state index is 0.631. The van der Waals surface area contributed by atoms with Crippen molar-refractivity contribution in [3.8, 4) is 22.6 Å². The summed E-state index contributed by atoms with van der Waals surface area (Å²) in [7, 11) is 0. The number of thiophene rings is 1. The van der Waals surface area contributed by atoms with Crippen molar-refractivity contribution in [2.75, 3.05) is 4.90 Å². The van der Waals surface area contributed by atoms with Gasteiger partial charge in [-0.05, 0) is 77.2 Å². The number of benzene rings is 7. The molecule has 9 rings (SSSR count). The Labute approximate surface area is 264 Å². The Hall–Kier alpha value is -5.71. The van der Waals surface area contributed by atoms with E-state index in [4.69, 9.17) is 9.40 Å². The van der Waals surface area contributed by atoms with Gasteiger partial charge in [-0.25, -0.2) is 4.98 Å². The third-order valence-electron chi connectivity index (χ3n) is 8.47. The van der Waals surface area contributed by atoms with Crippen molar-refractivity contribution < 1.29 is 4.42 Å². The summed E-state index contributed by atoms with van der Waals surface area (Å²) < 4.78 is 8.82. The molecule has 0 radical (unpaired) electrons. The van der Waals surface area contributed by atoms with Crippen molar-refractivity contribution in [2.24, 2.45) is 0 Å². The molecule has 4 heteroatoms. The molecule has 45 heavy (non-hydrogen) atoms. The molecule has 0 atom stereocenters. The van der Waals surface area contributed by atoms with E-state index < -0.39 is 0 Å². The van der Waals surface area contributed by atoms with E-state index >= 15 is 0 Å². The van der Waals surface area contributed by atoms with Crippen molar-refractivity contribution in [2.45, 2.75) is 0 Å². The predicted octanol–water partition coefficient (Wildman–Crippen LogP) is 12.2. The summed E-state index contributed by atoms with van der Waals surface area (Å²) in [4.78, 5) is 7.35. The van der Waals surface area contributed by atoms with Crippen LogP contribution in [0.2, 0.25) is 0 Å². The number of anilines is 3. The lowest BCUT2D eigenvalue weighted by Gasteiger charge is -2.26. The fraction of sp³-hybridized carbons (Fsp3) is 0. The molecule has 212 valence electrons. The van der Waals surface area contributed by atoms with Gasteiger partial charge < -0.3 is 9.32 Å². The third-order valence-corrected chi connectivity index (χ3v) is 9.60. The van der Waals surface area contributed by atoms with Crippen LogP contribution < -0.4 is 4.90 Å². The number of rotatable bonds is 5. The average molecular weight is 595 g/mol. The van der Waals surface area contributed by atoms with Crippen LogP contribution in [0.3, 0.4) is 0 Å². The molecule has 0 spiro atoms. The number of hydrogen-bond donors (Lipinski definition) is 0. The van der Waals surface area contributed by atoms with Crippen LogP contribution in [-0.2, 0) is 0 Å². The normalized spacial score (nSPS) is 11.6. The zero-order valence-corrected chi connectivity index (χ0v) is 25.0. The van der Waals surface area contributed by atoms with Gasteiger partial charge >= 0.3 is 0 Å². The molecule has 0 bridgehead atoms. The third kappa shape index (κ3) is 4.46. The van der Waals surface area contributed by atoms with Crippen LogP contribution in [0.4, 0.5) is 17.1 Å². The van der Waals surface area contributed by atoms with Gasteiger partial charge in [0, 0.05) is 48.2 Å². The average Bonchev–Trinajstić information content (AvgIpc) is 3.71. The van der Waals surface area contributed by atoms with Crippen molar-refractivity contribution in [3.63, 3.8) is 0 Å². The molecule has 0 aliphatic carbocycles. The van der Waals surface area contributed by atoms with E-state index in [1.54, 1.807) is 0 Å². The molecule has 0 aliphatic rings. The van der Waals surface area contributed by atoms with Gasteiger partial charge in [0.15, 0.2) is 5.58 Å². The molecule has 0 saturated heterocycles. The van der Waals surface area contributed by atoms with E-state index in [1.165, 1.54) is 31.3 Å². The number of fused-ring (bicyclic) bond motifs is 6. The van der Waals surface area contributed by atoms with Crippen LogP contribution in [0.5, 0.6) is 0 Å². The Morgan fingerprint density at radius 2 is 1.13 bits per heavy atom. The zero-order chi connectivity index (χ0) is 29.7. The van der Waals surface area contributed by atoms with Gasteiger partial charge in [0.25, 0.3) is 0 Å². The topological polar surface area (TPSA) is 29.3 Å². The first-order valence-electron chi connectivity index (χ1n) is 15.0. The van der Waals surface area contributed by atoms with Gasteiger partial charge in [-0.1, -0.05) is 97.1 Å². The molecule has 0 saturated carbocycles. The van der Waals surface area contributed by atoms with Crippen LogP contribution in [0.1, 0.15) is 0 Å². The molecule has 0 amide bonds. The van der Waals surface area contributed by atoms with Gasteiger partial charge in [-0.2, -0.15) is 0 Å². The molecule has 0 fully saturated rings. The first kappa shape index (κ1) is 25.8. The van der Waals surface area contributed by atoms with E-state index in [1.807, 2.05) is 47.7 Å². The maximum Gasteiger partial charge on any atom is 0.227 e. The highest BCUT2D eigenvalue weighted by Crippen LogP contribution is 2.42. The molecule has 7 aromatic carbocycles. The number of nitrogens with zero attached hydrogens (tertiary/aromatic N) is 2. The van der Waals surface area contributed by atoms with E-state index in [9.17, 15) is 0 Å². The first-order valence-corrected chi connectivity index (χ1v) is 15.9. The van der Waals surface area contributed by atoms with Crippen LogP contribution in [-0.4, -0.2) is 4.98 Å². The lowest BCUT2D eigenvalue weighted by molar-refractivity contribution is 0.620. The van der Waals surface area contributed by atoms with Gasteiger partial charge in [0.1, 0.15) is 5.52 Å². The minimum atomic E-state index is 0.631. The highest BCUT2D eigenvalue weighted by Gasteiger charge is 2.18. The molecule has 9 aromatic rings. The highest BCUT2D eigenvalue weighted by molar-refractivity contribution is 7.25. The largest absolute Gasteiger partial charge is 0.436 e. The van der Waals surface area contributed by atoms with Crippen LogP contribution >= 0.6 is 11.3 Å². The van der Waals surface area contributed by atoms with E-state index in [0.29, 0.717) is 5.89 Å². The summed E-state index contributed by atoms with van der Waals surface area (Å²) >= 11 is 1.84.